The topological polar surface area (TPSA) is 87.1 Å². The van der Waals surface area contributed by atoms with Gasteiger partial charge in [-0.3, -0.25) is 4.79 Å². The first kappa shape index (κ1) is 17.5. The maximum absolute atomic E-state index is 12.5. The molecule has 1 unspecified atom stereocenters. The van der Waals surface area contributed by atoms with Gasteiger partial charge in [0, 0.05) is 18.3 Å². The summed E-state index contributed by atoms with van der Waals surface area (Å²) in [6, 6.07) is 9.66. The Balaban J connectivity index is 1.68. The normalized spacial score (nSPS) is 20.7. The summed E-state index contributed by atoms with van der Waals surface area (Å²) < 4.78 is 0. The van der Waals surface area contributed by atoms with E-state index >= 15 is 0 Å². The molecule has 1 saturated heterocycles. The minimum Gasteiger partial charge on any atom is -0.388 e. The minimum atomic E-state index is -0.849. The van der Waals surface area contributed by atoms with Crippen molar-refractivity contribution >= 4 is 5.91 Å². The zero-order chi connectivity index (χ0) is 17.7. The standard InChI is InChI=1S/C19H24N4O2/c1-14-16(12-21-17(23-14)15-6-3-2-4-7-15)18(24)22-13-19(25)8-5-10-20-11-9-19/h2-4,6-7,12,20,25H,5,8-11,13H2,1H3,(H,22,24). The SMILES string of the molecule is Cc1nc(-c2ccccc2)ncc1C(=O)NCC1(O)CCCNCC1. The maximum Gasteiger partial charge on any atom is 0.254 e. The molecule has 1 aliphatic heterocycles. The first-order chi connectivity index (χ1) is 12.1. The van der Waals surface area contributed by atoms with E-state index in [4.69, 9.17) is 0 Å². The molecule has 1 aliphatic rings. The third-order valence-corrected chi connectivity index (χ3v) is 4.60. The van der Waals surface area contributed by atoms with Crippen LogP contribution in [0.25, 0.3) is 11.4 Å². The van der Waals surface area contributed by atoms with Crippen molar-refractivity contribution in [2.24, 2.45) is 0 Å². The van der Waals surface area contributed by atoms with Crippen molar-refractivity contribution in [3.8, 4) is 11.4 Å². The number of benzene rings is 1. The number of carbonyl (C=O) groups is 1. The Kier molecular flexibility index (Phi) is 5.40. The van der Waals surface area contributed by atoms with Crippen LogP contribution in [0, 0.1) is 6.92 Å². The van der Waals surface area contributed by atoms with Crippen LogP contribution in [0.2, 0.25) is 0 Å². The van der Waals surface area contributed by atoms with Crippen LogP contribution in [0.5, 0.6) is 0 Å². The van der Waals surface area contributed by atoms with Crippen LogP contribution in [-0.4, -0.2) is 46.2 Å². The van der Waals surface area contributed by atoms with Gasteiger partial charge in [0.1, 0.15) is 0 Å². The Hall–Kier alpha value is -2.31. The summed E-state index contributed by atoms with van der Waals surface area (Å²) in [5, 5.41) is 16.7. The summed E-state index contributed by atoms with van der Waals surface area (Å²) in [5.74, 6) is 0.353. The second-order valence-corrected chi connectivity index (χ2v) is 6.57. The van der Waals surface area contributed by atoms with Crippen LogP contribution in [0.4, 0.5) is 0 Å². The molecule has 132 valence electrons. The van der Waals surface area contributed by atoms with Crippen LogP contribution in [0.3, 0.4) is 0 Å². The van der Waals surface area contributed by atoms with Crippen LogP contribution in [0.15, 0.2) is 36.5 Å². The molecular weight excluding hydrogens is 316 g/mol. The number of aryl methyl sites for hydroxylation is 1. The number of carbonyl (C=O) groups excluding carboxylic acids is 1. The Morgan fingerprint density at radius 2 is 2.08 bits per heavy atom. The number of amides is 1. The fourth-order valence-electron chi connectivity index (χ4n) is 3.05. The van der Waals surface area contributed by atoms with Crippen LogP contribution >= 0.6 is 0 Å². The number of aliphatic hydroxyl groups is 1. The van der Waals surface area contributed by atoms with Gasteiger partial charge >= 0.3 is 0 Å². The van der Waals surface area contributed by atoms with E-state index in [1.165, 1.54) is 0 Å². The van der Waals surface area contributed by atoms with Gasteiger partial charge in [-0.2, -0.15) is 0 Å². The van der Waals surface area contributed by atoms with Crippen LogP contribution in [-0.2, 0) is 0 Å². The Morgan fingerprint density at radius 3 is 2.84 bits per heavy atom. The average Bonchev–Trinajstić information content (AvgIpc) is 2.85. The van der Waals surface area contributed by atoms with Gasteiger partial charge in [-0.05, 0) is 39.3 Å². The van der Waals surface area contributed by atoms with Crippen molar-refractivity contribution in [2.45, 2.75) is 31.8 Å². The molecule has 1 fully saturated rings. The molecule has 1 atom stereocenters. The quantitative estimate of drug-likeness (QED) is 0.788. The number of aromatic nitrogens is 2. The van der Waals surface area contributed by atoms with Gasteiger partial charge in [-0.25, -0.2) is 9.97 Å². The van der Waals surface area contributed by atoms with E-state index in [0.717, 1.165) is 25.1 Å². The monoisotopic (exact) mass is 340 g/mol. The lowest BCUT2D eigenvalue weighted by Gasteiger charge is -2.26. The van der Waals surface area contributed by atoms with Gasteiger partial charge in [0.2, 0.25) is 0 Å². The summed E-state index contributed by atoms with van der Waals surface area (Å²) in [6.45, 7) is 3.71. The molecule has 3 N–H and O–H groups in total. The Labute approximate surface area is 147 Å². The summed E-state index contributed by atoms with van der Waals surface area (Å²) in [5.41, 5.74) is 1.13. The zero-order valence-electron chi connectivity index (χ0n) is 14.5. The Bertz CT molecular complexity index is 725. The lowest BCUT2D eigenvalue weighted by molar-refractivity contribution is 0.0275. The lowest BCUT2D eigenvalue weighted by atomic mass is 9.95. The fourth-order valence-corrected chi connectivity index (χ4v) is 3.05. The third kappa shape index (κ3) is 4.41. The van der Waals surface area contributed by atoms with E-state index in [1.54, 1.807) is 13.1 Å². The molecule has 25 heavy (non-hydrogen) atoms. The number of rotatable bonds is 4. The zero-order valence-corrected chi connectivity index (χ0v) is 14.5. The summed E-state index contributed by atoms with van der Waals surface area (Å²) in [6.07, 6.45) is 3.78. The summed E-state index contributed by atoms with van der Waals surface area (Å²) >= 11 is 0. The van der Waals surface area contributed by atoms with E-state index < -0.39 is 5.60 Å². The first-order valence-electron chi connectivity index (χ1n) is 8.68. The molecule has 1 amide bonds. The van der Waals surface area contributed by atoms with E-state index in [2.05, 4.69) is 20.6 Å². The second kappa shape index (κ2) is 7.72. The number of nitrogens with one attached hydrogen (secondary N) is 2. The number of hydrogen-bond donors (Lipinski definition) is 3. The molecule has 0 aliphatic carbocycles. The molecule has 0 bridgehead atoms. The molecule has 1 aromatic heterocycles. The molecule has 2 aromatic rings. The van der Waals surface area contributed by atoms with E-state index in [1.807, 2.05) is 30.3 Å². The number of hydrogen-bond acceptors (Lipinski definition) is 5. The second-order valence-electron chi connectivity index (χ2n) is 6.57. The van der Waals surface area contributed by atoms with Gasteiger partial charge in [-0.15, -0.1) is 0 Å². The van der Waals surface area contributed by atoms with Gasteiger partial charge in [0.25, 0.3) is 5.91 Å². The number of nitrogens with zero attached hydrogens (tertiary/aromatic N) is 2. The molecule has 0 saturated carbocycles. The molecule has 1 aromatic carbocycles. The first-order valence-corrected chi connectivity index (χ1v) is 8.68. The third-order valence-electron chi connectivity index (χ3n) is 4.60. The van der Waals surface area contributed by atoms with Crippen molar-refractivity contribution in [1.82, 2.24) is 20.6 Å². The highest BCUT2D eigenvalue weighted by Gasteiger charge is 2.28. The summed E-state index contributed by atoms with van der Waals surface area (Å²) in [4.78, 5) is 21.2. The highest BCUT2D eigenvalue weighted by atomic mass is 16.3. The van der Waals surface area contributed by atoms with Crippen molar-refractivity contribution in [1.29, 1.82) is 0 Å². The molecule has 0 spiro atoms. The van der Waals surface area contributed by atoms with E-state index in [0.29, 0.717) is 29.9 Å². The van der Waals surface area contributed by atoms with Crippen molar-refractivity contribution < 1.29 is 9.90 Å². The van der Waals surface area contributed by atoms with E-state index in [9.17, 15) is 9.90 Å². The molecule has 6 nitrogen and oxygen atoms in total. The van der Waals surface area contributed by atoms with Crippen molar-refractivity contribution in [3.05, 3.63) is 47.8 Å². The van der Waals surface area contributed by atoms with Crippen LogP contribution < -0.4 is 10.6 Å². The lowest BCUT2D eigenvalue weighted by Crippen LogP contribution is -2.43. The average molecular weight is 340 g/mol. The summed E-state index contributed by atoms with van der Waals surface area (Å²) in [7, 11) is 0. The van der Waals surface area contributed by atoms with Crippen molar-refractivity contribution in [2.75, 3.05) is 19.6 Å². The maximum atomic E-state index is 12.5. The van der Waals surface area contributed by atoms with Crippen LogP contribution in [0.1, 0.15) is 35.3 Å². The predicted molar refractivity (Wildman–Crippen MR) is 96.2 cm³/mol. The fraction of sp³-hybridized carbons (Fsp3) is 0.421. The molecule has 2 heterocycles. The highest BCUT2D eigenvalue weighted by Crippen LogP contribution is 2.19. The largest absolute Gasteiger partial charge is 0.388 e. The van der Waals surface area contributed by atoms with Gasteiger partial charge in [0.15, 0.2) is 5.82 Å². The predicted octanol–water partition coefficient (Wildman–Crippen LogP) is 1.69. The smallest absolute Gasteiger partial charge is 0.254 e. The van der Waals surface area contributed by atoms with Gasteiger partial charge < -0.3 is 15.7 Å². The Morgan fingerprint density at radius 1 is 1.28 bits per heavy atom. The minimum absolute atomic E-state index is 0.243. The van der Waals surface area contributed by atoms with Crippen molar-refractivity contribution in [3.63, 3.8) is 0 Å². The van der Waals surface area contributed by atoms with Gasteiger partial charge in [0.05, 0.1) is 16.9 Å². The molecule has 0 radical (unpaired) electrons. The van der Waals surface area contributed by atoms with Gasteiger partial charge in [-0.1, -0.05) is 30.3 Å². The van der Waals surface area contributed by atoms with E-state index in [-0.39, 0.29) is 12.5 Å². The molecule has 3 rings (SSSR count). The molecule has 6 heteroatoms. The highest BCUT2D eigenvalue weighted by molar-refractivity contribution is 5.95. The molecular formula is C19H24N4O2.